The number of nitrogens with zero attached hydrogens (tertiary/aromatic N) is 1. The van der Waals surface area contributed by atoms with Crippen LogP contribution < -0.4 is 0 Å². The molecule has 1 saturated carbocycles. The zero-order valence-corrected chi connectivity index (χ0v) is 11.2. The SMILES string of the molecule is CC1(C)CCC[C@]2(C#N)CC3(C=C[C@@H]12)OCCO3. The molecular formula is C15H21NO2. The third kappa shape index (κ3) is 1.63. The predicted molar refractivity (Wildman–Crippen MR) is 67.6 cm³/mol. The zero-order valence-electron chi connectivity index (χ0n) is 11.2. The van der Waals surface area contributed by atoms with Crippen molar-refractivity contribution >= 4 is 0 Å². The Kier molecular flexibility index (Phi) is 2.59. The first kappa shape index (κ1) is 12.2. The molecule has 3 heteroatoms. The number of allylic oxidation sites excluding steroid dienone is 1. The molecule has 18 heavy (non-hydrogen) atoms. The van der Waals surface area contributed by atoms with E-state index in [1.807, 2.05) is 0 Å². The van der Waals surface area contributed by atoms with Gasteiger partial charge in [-0.05, 0) is 24.3 Å². The Morgan fingerprint density at radius 3 is 2.61 bits per heavy atom. The maximum atomic E-state index is 9.76. The molecule has 1 aliphatic heterocycles. The molecule has 2 atom stereocenters. The summed E-state index contributed by atoms with van der Waals surface area (Å²) in [5.41, 5.74) is -0.106. The first-order valence-corrected chi connectivity index (χ1v) is 6.91. The maximum Gasteiger partial charge on any atom is 0.189 e. The summed E-state index contributed by atoms with van der Waals surface area (Å²) in [6, 6.07) is 2.61. The molecule has 0 amide bonds. The molecule has 0 aromatic carbocycles. The minimum atomic E-state index is -0.611. The van der Waals surface area contributed by atoms with Gasteiger partial charge >= 0.3 is 0 Å². The summed E-state index contributed by atoms with van der Waals surface area (Å²) >= 11 is 0. The van der Waals surface area contributed by atoms with Crippen molar-refractivity contribution in [2.75, 3.05) is 13.2 Å². The maximum absolute atomic E-state index is 9.76. The highest BCUT2D eigenvalue weighted by atomic mass is 16.7. The smallest absolute Gasteiger partial charge is 0.189 e. The first-order chi connectivity index (χ1) is 8.52. The van der Waals surface area contributed by atoms with Crippen LogP contribution in [0.25, 0.3) is 0 Å². The van der Waals surface area contributed by atoms with Crippen LogP contribution >= 0.6 is 0 Å². The quantitative estimate of drug-likeness (QED) is 0.618. The van der Waals surface area contributed by atoms with Gasteiger partial charge in [0.25, 0.3) is 0 Å². The third-order valence-electron chi connectivity index (χ3n) is 4.98. The van der Waals surface area contributed by atoms with E-state index in [-0.39, 0.29) is 10.8 Å². The Labute approximate surface area is 109 Å². The average molecular weight is 247 g/mol. The van der Waals surface area contributed by atoms with Crippen LogP contribution in [0.2, 0.25) is 0 Å². The summed E-state index contributed by atoms with van der Waals surface area (Å²) < 4.78 is 11.5. The van der Waals surface area contributed by atoms with E-state index >= 15 is 0 Å². The number of ether oxygens (including phenoxy) is 2. The van der Waals surface area contributed by atoms with Crippen LogP contribution in [-0.4, -0.2) is 19.0 Å². The first-order valence-electron chi connectivity index (χ1n) is 6.91. The molecule has 2 fully saturated rings. The van der Waals surface area contributed by atoms with Crippen LogP contribution in [0.1, 0.15) is 39.5 Å². The summed E-state index contributed by atoms with van der Waals surface area (Å²) in [5, 5.41) is 9.76. The van der Waals surface area contributed by atoms with Crippen LogP contribution in [0.4, 0.5) is 0 Å². The minimum absolute atomic E-state index is 0.199. The Morgan fingerprint density at radius 1 is 1.22 bits per heavy atom. The Bertz CT molecular complexity index is 415. The van der Waals surface area contributed by atoms with Gasteiger partial charge in [0.15, 0.2) is 5.79 Å². The highest BCUT2D eigenvalue weighted by Crippen LogP contribution is 2.58. The van der Waals surface area contributed by atoms with Crippen molar-refractivity contribution in [1.82, 2.24) is 0 Å². The molecular weight excluding hydrogens is 226 g/mol. The largest absolute Gasteiger partial charge is 0.344 e. The van der Waals surface area contributed by atoms with Gasteiger partial charge in [-0.1, -0.05) is 26.3 Å². The van der Waals surface area contributed by atoms with E-state index < -0.39 is 5.79 Å². The molecule has 0 bridgehead atoms. The zero-order chi connectivity index (χ0) is 12.9. The second-order valence-corrected chi connectivity index (χ2v) is 6.63. The second kappa shape index (κ2) is 3.82. The predicted octanol–water partition coefficient (Wildman–Crippen LogP) is 3.03. The number of rotatable bonds is 0. The lowest BCUT2D eigenvalue weighted by atomic mass is 9.52. The van der Waals surface area contributed by atoms with Gasteiger partial charge < -0.3 is 9.47 Å². The highest BCUT2D eigenvalue weighted by Gasteiger charge is 2.56. The van der Waals surface area contributed by atoms with E-state index in [1.54, 1.807) is 0 Å². The molecule has 1 spiro atoms. The lowest BCUT2D eigenvalue weighted by Crippen LogP contribution is -2.50. The summed E-state index contributed by atoms with van der Waals surface area (Å²) in [6.45, 7) is 5.84. The summed E-state index contributed by atoms with van der Waals surface area (Å²) in [6.07, 6.45) is 8.24. The van der Waals surface area contributed by atoms with Crippen molar-refractivity contribution in [3.8, 4) is 6.07 Å². The van der Waals surface area contributed by atoms with E-state index in [0.29, 0.717) is 25.6 Å². The van der Waals surface area contributed by atoms with Crippen molar-refractivity contribution in [3.05, 3.63) is 12.2 Å². The van der Waals surface area contributed by atoms with E-state index in [0.717, 1.165) is 12.8 Å². The van der Waals surface area contributed by atoms with Crippen LogP contribution in [0.3, 0.4) is 0 Å². The molecule has 98 valence electrons. The normalized spacial score (nSPS) is 40.4. The molecule has 1 saturated heterocycles. The minimum Gasteiger partial charge on any atom is -0.344 e. The van der Waals surface area contributed by atoms with Crippen LogP contribution in [0.15, 0.2) is 12.2 Å². The van der Waals surface area contributed by atoms with Gasteiger partial charge in [-0.25, -0.2) is 0 Å². The third-order valence-corrected chi connectivity index (χ3v) is 4.98. The van der Waals surface area contributed by atoms with Crippen LogP contribution in [0, 0.1) is 28.1 Å². The van der Waals surface area contributed by atoms with Gasteiger partial charge in [-0.15, -0.1) is 0 Å². The fraction of sp³-hybridized carbons (Fsp3) is 0.800. The van der Waals surface area contributed by atoms with Crippen LogP contribution in [0.5, 0.6) is 0 Å². The van der Waals surface area contributed by atoms with Gasteiger partial charge in [0, 0.05) is 12.3 Å². The Balaban J connectivity index is 2.01. The van der Waals surface area contributed by atoms with Crippen molar-refractivity contribution in [3.63, 3.8) is 0 Å². The highest BCUT2D eigenvalue weighted by molar-refractivity contribution is 5.23. The van der Waals surface area contributed by atoms with Crippen molar-refractivity contribution in [2.24, 2.45) is 16.7 Å². The van der Waals surface area contributed by atoms with Crippen LogP contribution in [-0.2, 0) is 9.47 Å². The van der Waals surface area contributed by atoms with Gasteiger partial charge in [-0.3, -0.25) is 0 Å². The van der Waals surface area contributed by atoms with Gasteiger partial charge in [0.2, 0.25) is 0 Å². The monoisotopic (exact) mass is 247 g/mol. The van der Waals surface area contributed by atoms with Gasteiger partial charge in [0.1, 0.15) is 0 Å². The van der Waals surface area contributed by atoms with Gasteiger partial charge in [-0.2, -0.15) is 5.26 Å². The Morgan fingerprint density at radius 2 is 1.94 bits per heavy atom. The molecule has 0 N–H and O–H groups in total. The molecule has 3 aliphatic rings. The average Bonchev–Trinajstić information content (AvgIpc) is 2.76. The lowest BCUT2D eigenvalue weighted by molar-refractivity contribution is -0.158. The summed E-state index contributed by atoms with van der Waals surface area (Å²) in [4.78, 5) is 0. The molecule has 0 unspecified atom stereocenters. The summed E-state index contributed by atoms with van der Waals surface area (Å²) in [5.74, 6) is -0.290. The van der Waals surface area contributed by atoms with Crippen molar-refractivity contribution in [2.45, 2.75) is 45.3 Å². The second-order valence-electron chi connectivity index (χ2n) is 6.63. The standard InChI is InChI=1S/C15H21NO2/c1-13(2)5-3-6-14(11-16)10-15(7-4-12(13)14)17-8-9-18-15/h4,7,12H,3,5-6,8-10H2,1-2H3/t12-,14+/m0/s1. The lowest BCUT2D eigenvalue weighted by Gasteiger charge is -2.52. The molecule has 0 aromatic rings. The van der Waals surface area contributed by atoms with E-state index in [2.05, 4.69) is 32.1 Å². The molecule has 0 radical (unpaired) electrons. The molecule has 0 aromatic heterocycles. The number of nitriles is 1. The molecule has 1 heterocycles. The van der Waals surface area contributed by atoms with Crippen molar-refractivity contribution < 1.29 is 9.47 Å². The van der Waals surface area contributed by atoms with Crippen molar-refractivity contribution in [1.29, 1.82) is 5.26 Å². The fourth-order valence-corrected chi connectivity index (χ4v) is 4.14. The van der Waals surface area contributed by atoms with E-state index in [9.17, 15) is 5.26 Å². The molecule has 3 nitrogen and oxygen atoms in total. The van der Waals surface area contributed by atoms with E-state index in [1.165, 1.54) is 6.42 Å². The number of hydrogen-bond donors (Lipinski definition) is 0. The van der Waals surface area contributed by atoms with E-state index in [4.69, 9.17) is 9.47 Å². The van der Waals surface area contributed by atoms with Gasteiger partial charge in [0.05, 0.1) is 24.7 Å². The Hall–Kier alpha value is -0.850. The topological polar surface area (TPSA) is 42.2 Å². The fourth-order valence-electron chi connectivity index (χ4n) is 4.14. The molecule has 2 aliphatic carbocycles. The molecule has 3 rings (SSSR count). The summed E-state index contributed by atoms with van der Waals surface area (Å²) in [7, 11) is 0. The number of hydrogen-bond acceptors (Lipinski definition) is 3. The number of fused-ring (bicyclic) bond motifs is 1.